The quantitative estimate of drug-likeness (QED) is 0.850. The van der Waals surface area contributed by atoms with Gasteiger partial charge in [0.2, 0.25) is 0 Å². The summed E-state index contributed by atoms with van der Waals surface area (Å²) < 4.78 is 5.77. The number of rotatable bonds is 3. The topological polar surface area (TPSA) is 46.6 Å². The molecule has 0 aliphatic carbocycles. The SMILES string of the molecule is Cc1ccc(OC(C)C(=O)N2CCC(=O)CC2)c(C)c1. The fourth-order valence-electron chi connectivity index (χ4n) is 2.41. The van der Waals surface area contributed by atoms with E-state index in [9.17, 15) is 9.59 Å². The maximum Gasteiger partial charge on any atom is 0.263 e. The van der Waals surface area contributed by atoms with Gasteiger partial charge in [0.15, 0.2) is 6.10 Å². The van der Waals surface area contributed by atoms with Crippen molar-refractivity contribution >= 4 is 11.7 Å². The molecule has 0 bridgehead atoms. The molecule has 1 fully saturated rings. The lowest BCUT2D eigenvalue weighted by Gasteiger charge is -2.29. The number of hydrogen-bond acceptors (Lipinski definition) is 3. The van der Waals surface area contributed by atoms with Crippen LogP contribution in [0, 0.1) is 13.8 Å². The van der Waals surface area contributed by atoms with E-state index >= 15 is 0 Å². The van der Waals surface area contributed by atoms with Crippen molar-refractivity contribution in [2.75, 3.05) is 13.1 Å². The summed E-state index contributed by atoms with van der Waals surface area (Å²) in [6.07, 6.45) is 0.397. The van der Waals surface area contributed by atoms with Gasteiger partial charge in [0, 0.05) is 25.9 Å². The predicted octanol–water partition coefficient (Wildman–Crippen LogP) is 2.26. The predicted molar refractivity (Wildman–Crippen MR) is 76.8 cm³/mol. The van der Waals surface area contributed by atoms with Crippen molar-refractivity contribution in [3.05, 3.63) is 29.3 Å². The van der Waals surface area contributed by atoms with Crippen LogP contribution in [0.3, 0.4) is 0 Å². The molecule has 1 unspecified atom stereocenters. The Morgan fingerprint density at radius 2 is 1.90 bits per heavy atom. The molecule has 0 spiro atoms. The highest BCUT2D eigenvalue weighted by molar-refractivity contribution is 5.85. The van der Waals surface area contributed by atoms with Gasteiger partial charge < -0.3 is 9.64 Å². The van der Waals surface area contributed by atoms with E-state index in [4.69, 9.17) is 4.74 Å². The number of ketones is 1. The molecule has 1 aromatic rings. The number of benzene rings is 1. The summed E-state index contributed by atoms with van der Waals surface area (Å²) in [7, 11) is 0. The number of piperidine rings is 1. The Morgan fingerprint density at radius 1 is 1.25 bits per heavy atom. The van der Waals surface area contributed by atoms with Gasteiger partial charge in [-0.25, -0.2) is 0 Å². The van der Waals surface area contributed by atoms with E-state index in [0.29, 0.717) is 25.9 Å². The molecular formula is C16H21NO3. The van der Waals surface area contributed by atoms with Crippen molar-refractivity contribution in [1.82, 2.24) is 4.90 Å². The molecule has 1 aliphatic heterocycles. The van der Waals surface area contributed by atoms with Crippen LogP contribution in [0.4, 0.5) is 0 Å². The standard InChI is InChI=1S/C16H21NO3/c1-11-4-5-15(12(2)10-11)20-13(3)16(19)17-8-6-14(18)7-9-17/h4-5,10,13H,6-9H2,1-3H3. The summed E-state index contributed by atoms with van der Waals surface area (Å²) in [5.74, 6) is 0.930. The van der Waals surface area contributed by atoms with Crippen molar-refractivity contribution < 1.29 is 14.3 Å². The second-order valence-corrected chi connectivity index (χ2v) is 5.39. The first-order valence-electron chi connectivity index (χ1n) is 7.02. The summed E-state index contributed by atoms with van der Waals surface area (Å²) in [5, 5.41) is 0. The fourth-order valence-corrected chi connectivity index (χ4v) is 2.41. The van der Waals surface area contributed by atoms with Crippen LogP contribution in [0.1, 0.15) is 30.9 Å². The molecule has 0 saturated carbocycles. The van der Waals surface area contributed by atoms with Crippen LogP contribution in [0.2, 0.25) is 0 Å². The van der Waals surface area contributed by atoms with Gasteiger partial charge in [0.1, 0.15) is 11.5 Å². The molecule has 4 heteroatoms. The third-order valence-corrected chi connectivity index (χ3v) is 3.61. The molecule has 0 aromatic heterocycles. The normalized spacial score (nSPS) is 16.9. The Labute approximate surface area is 119 Å². The second kappa shape index (κ2) is 6.07. The Kier molecular flexibility index (Phi) is 4.42. The number of ether oxygens (including phenoxy) is 1. The number of amides is 1. The molecule has 1 heterocycles. The lowest BCUT2D eigenvalue weighted by molar-refractivity contribution is -0.140. The maximum absolute atomic E-state index is 12.3. The molecule has 108 valence electrons. The van der Waals surface area contributed by atoms with Gasteiger partial charge in [-0.05, 0) is 32.4 Å². The molecule has 20 heavy (non-hydrogen) atoms. The van der Waals surface area contributed by atoms with Gasteiger partial charge in [0.05, 0.1) is 0 Å². The molecule has 0 N–H and O–H groups in total. The molecule has 2 rings (SSSR count). The number of hydrogen-bond donors (Lipinski definition) is 0. The Morgan fingerprint density at radius 3 is 2.50 bits per heavy atom. The minimum atomic E-state index is -0.524. The van der Waals surface area contributed by atoms with E-state index in [0.717, 1.165) is 11.3 Å². The van der Waals surface area contributed by atoms with Gasteiger partial charge >= 0.3 is 0 Å². The number of carbonyl (C=O) groups is 2. The smallest absolute Gasteiger partial charge is 0.263 e. The monoisotopic (exact) mass is 275 g/mol. The average Bonchev–Trinajstić information content (AvgIpc) is 2.42. The number of carbonyl (C=O) groups excluding carboxylic acids is 2. The van der Waals surface area contributed by atoms with Crippen molar-refractivity contribution in [3.63, 3.8) is 0 Å². The highest BCUT2D eigenvalue weighted by Crippen LogP contribution is 2.21. The summed E-state index contributed by atoms with van der Waals surface area (Å²) in [5.41, 5.74) is 2.20. The zero-order valence-electron chi connectivity index (χ0n) is 12.3. The van der Waals surface area contributed by atoms with Crippen molar-refractivity contribution in [1.29, 1.82) is 0 Å². The van der Waals surface area contributed by atoms with Gasteiger partial charge in [-0.2, -0.15) is 0 Å². The Balaban J connectivity index is 1.98. The summed E-state index contributed by atoms with van der Waals surface area (Å²) in [6, 6.07) is 5.90. The minimum absolute atomic E-state index is 0.0440. The summed E-state index contributed by atoms with van der Waals surface area (Å²) >= 11 is 0. The lowest BCUT2D eigenvalue weighted by Crippen LogP contribution is -2.44. The zero-order chi connectivity index (χ0) is 14.7. The van der Waals surface area contributed by atoms with Crippen LogP contribution < -0.4 is 4.74 Å². The zero-order valence-corrected chi connectivity index (χ0v) is 12.3. The Hall–Kier alpha value is -1.84. The molecular weight excluding hydrogens is 254 g/mol. The van der Waals surface area contributed by atoms with Crippen molar-refractivity contribution in [3.8, 4) is 5.75 Å². The van der Waals surface area contributed by atoms with Crippen molar-refractivity contribution in [2.24, 2.45) is 0 Å². The van der Waals surface area contributed by atoms with Crippen LogP contribution in [-0.4, -0.2) is 35.8 Å². The fraction of sp³-hybridized carbons (Fsp3) is 0.500. The highest BCUT2D eigenvalue weighted by Gasteiger charge is 2.26. The van der Waals surface area contributed by atoms with Crippen LogP contribution in [-0.2, 0) is 9.59 Å². The first kappa shape index (κ1) is 14.6. The first-order chi connectivity index (χ1) is 9.47. The third kappa shape index (κ3) is 3.38. The van der Waals surface area contributed by atoms with E-state index in [1.807, 2.05) is 32.0 Å². The van der Waals surface area contributed by atoms with Gasteiger partial charge in [-0.3, -0.25) is 9.59 Å². The third-order valence-electron chi connectivity index (χ3n) is 3.61. The van der Waals surface area contributed by atoms with Gasteiger partial charge in [-0.1, -0.05) is 17.7 Å². The largest absolute Gasteiger partial charge is 0.481 e. The minimum Gasteiger partial charge on any atom is -0.481 e. The van der Waals surface area contributed by atoms with Crippen LogP contribution >= 0.6 is 0 Å². The van der Waals surface area contributed by atoms with E-state index in [1.54, 1.807) is 11.8 Å². The molecule has 1 saturated heterocycles. The summed E-state index contributed by atoms with van der Waals surface area (Å²) in [4.78, 5) is 25.2. The molecule has 4 nitrogen and oxygen atoms in total. The molecule has 1 amide bonds. The number of aryl methyl sites for hydroxylation is 2. The summed E-state index contributed by atoms with van der Waals surface area (Å²) in [6.45, 7) is 6.78. The highest BCUT2D eigenvalue weighted by atomic mass is 16.5. The molecule has 1 aromatic carbocycles. The number of Topliss-reactive ketones (excluding diaryl/α,β-unsaturated/α-hetero) is 1. The van der Waals surface area contributed by atoms with Gasteiger partial charge in [0.25, 0.3) is 5.91 Å². The van der Waals surface area contributed by atoms with Crippen molar-refractivity contribution in [2.45, 2.75) is 39.7 Å². The van der Waals surface area contributed by atoms with Gasteiger partial charge in [-0.15, -0.1) is 0 Å². The van der Waals surface area contributed by atoms with E-state index in [2.05, 4.69) is 0 Å². The van der Waals surface area contributed by atoms with Crippen LogP contribution in [0.15, 0.2) is 18.2 Å². The van der Waals surface area contributed by atoms with E-state index < -0.39 is 6.10 Å². The first-order valence-corrected chi connectivity index (χ1v) is 7.02. The molecule has 1 aliphatic rings. The van der Waals surface area contributed by atoms with E-state index in [-0.39, 0.29) is 11.7 Å². The number of likely N-dealkylation sites (tertiary alicyclic amines) is 1. The number of nitrogens with zero attached hydrogens (tertiary/aromatic N) is 1. The van der Waals surface area contributed by atoms with E-state index in [1.165, 1.54) is 5.56 Å². The lowest BCUT2D eigenvalue weighted by atomic mass is 10.1. The molecule has 0 radical (unpaired) electrons. The Bertz CT molecular complexity index is 514. The second-order valence-electron chi connectivity index (χ2n) is 5.39. The maximum atomic E-state index is 12.3. The van der Waals surface area contributed by atoms with Crippen LogP contribution in [0.5, 0.6) is 5.75 Å². The van der Waals surface area contributed by atoms with Crippen LogP contribution in [0.25, 0.3) is 0 Å². The average molecular weight is 275 g/mol. The molecule has 1 atom stereocenters.